The maximum atomic E-state index is 11.5. The lowest BCUT2D eigenvalue weighted by Gasteiger charge is -2.14. The third kappa shape index (κ3) is 3.83. The van der Waals surface area contributed by atoms with Crippen LogP contribution in [0, 0.1) is 6.92 Å². The van der Waals surface area contributed by atoms with Gasteiger partial charge in [-0.3, -0.25) is 9.69 Å². The Balaban J connectivity index is 2.06. The van der Waals surface area contributed by atoms with Crippen LogP contribution in [0.1, 0.15) is 25.1 Å². The fraction of sp³-hybridized carbons (Fsp3) is 0.333. The molecule has 1 amide bonds. The van der Waals surface area contributed by atoms with Gasteiger partial charge in [0.15, 0.2) is 5.13 Å². The van der Waals surface area contributed by atoms with Crippen molar-refractivity contribution >= 4 is 44.0 Å². The van der Waals surface area contributed by atoms with E-state index in [0.29, 0.717) is 13.1 Å². The van der Waals surface area contributed by atoms with Crippen molar-refractivity contribution < 1.29 is 4.79 Å². The Bertz CT molecular complexity index is 642. The summed E-state index contributed by atoms with van der Waals surface area (Å²) in [5.41, 5.74) is 3.17. The summed E-state index contributed by atoms with van der Waals surface area (Å²) in [7, 11) is 0. The van der Waals surface area contributed by atoms with Gasteiger partial charge in [-0.2, -0.15) is 0 Å². The molecule has 0 unspecified atom stereocenters. The Labute approximate surface area is 137 Å². The first-order valence-electron chi connectivity index (χ1n) is 6.74. The molecule has 1 aromatic carbocycles. The molecule has 0 atom stereocenters. The van der Waals surface area contributed by atoms with Gasteiger partial charge >= 0.3 is 0 Å². The van der Waals surface area contributed by atoms with Gasteiger partial charge in [-0.15, -0.1) is 11.3 Å². The van der Waals surface area contributed by atoms with Crippen LogP contribution in [-0.4, -0.2) is 17.4 Å². The van der Waals surface area contributed by atoms with Crippen molar-refractivity contribution in [3.8, 4) is 0 Å². The molecule has 0 spiro atoms. The zero-order valence-electron chi connectivity index (χ0n) is 12.3. The fourth-order valence-electron chi connectivity index (χ4n) is 1.96. The molecule has 21 heavy (non-hydrogen) atoms. The summed E-state index contributed by atoms with van der Waals surface area (Å²) in [4.78, 5) is 17.7. The highest BCUT2D eigenvalue weighted by molar-refractivity contribution is 9.10. The first-order chi connectivity index (χ1) is 10.0. The highest BCUT2D eigenvalue weighted by Gasteiger charge is 2.13. The molecule has 112 valence electrons. The number of nitrogens with zero attached hydrogens (tertiary/aromatic N) is 2. The van der Waals surface area contributed by atoms with E-state index in [1.165, 1.54) is 16.9 Å². The van der Waals surface area contributed by atoms with Crippen LogP contribution >= 0.6 is 27.3 Å². The standard InChI is InChI=1S/C15H18BrN3OS/c1-4-19(11(3)20)15-18-12(9-21-15)8-17-13-7-5-6-10(2)14(13)16/h5-7,9,17H,4,8H2,1-3H3. The van der Waals surface area contributed by atoms with Crippen LogP contribution in [-0.2, 0) is 11.3 Å². The minimum atomic E-state index is 0.0211. The first-order valence-corrected chi connectivity index (χ1v) is 8.41. The number of hydrogen-bond donors (Lipinski definition) is 1. The van der Waals surface area contributed by atoms with Crippen molar-refractivity contribution in [2.45, 2.75) is 27.3 Å². The minimum Gasteiger partial charge on any atom is -0.378 e. The van der Waals surface area contributed by atoms with E-state index in [9.17, 15) is 4.79 Å². The Morgan fingerprint density at radius 2 is 2.24 bits per heavy atom. The van der Waals surface area contributed by atoms with Crippen LogP contribution in [0.15, 0.2) is 28.1 Å². The number of amides is 1. The van der Waals surface area contributed by atoms with Crippen LogP contribution in [0.5, 0.6) is 0 Å². The minimum absolute atomic E-state index is 0.0211. The largest absolute Gasteiger partial charge is 0.378 e. The maximum Gasteiger partial charge on any atom is 0.225 e. The van der Waals surface area contributed by atoms with Crippen LogP contribution in [0.25, 0.3) is 0 Å². The van der Waals surface area contributed by atoms with Crippen molar-refractivity contribution in [2.24, 2.45) is 0 Å². The summed E-state index contributed by atoms with van der Waals surface area (Å²) < 4.78 is 1.07. The van der Waals surface area contributed by atoms with E-state index in [-0.39, 0.29) is 5.91 Å². The number of aryl methyl sites for hydroxylation is 1. The zero-order valence-corrected chi connectivity index (χ0v) is 14.7. The Morgan fingerprint density at radius 1 is 1.48 bits per heavy atom. The van der Waals surface area contributed by atoms with E-state index in [1.54, 1.807) is 11.8 Å². The lowest BCUT2D eigenvalue weighted by molar-refractivity contribution is -0.116. The third-order valence-corrected chi connectivity index (χ3v) is 5.08. The van der Waals surface area contributed by atoms with Gasteiger partial charge in [-0.05, 0) is 41.4 Å². The molecule has 0 saturated heterocycles. The quantitative estimate of drug-likeness (QED) is 0.860. The molecule has 0 aliphatic heterocycles. The summed E-state index contributed by atoms with van der Waals surface area (Å²) in [6.07, 6.45) is 0. The van der Waals surface area contributed by atoms with Crippen LogP contribution in [0.2, 0.25) is 0 Å². The molecular weight excluding hydrogens is 350 g/mol. The number of nitrogens with one attached hydrogen (secondary N) is 1. The molecule has 0 aliphatic carbocycles. The van der Waals surface area contributed by atoms with Crippen molar-refractivity contribution in [2.75, 3.05) is 16.8 Å². The number of aromatic nitrogens is 1. The molecule has 0 radical (unpaired) electrons. The molecule has 1 heterocycles. The molecule has 0 aliphatic rings. The van der Waals surface area contributed by atoms with Gasteiger partial charge in [0.25, 0.3) is 0 Å². The fourth-order valence-corrected chi connectivity index (χ4v) is 3.30. The van der Waals surface area contributed by atoms with Crippen LogP contribution < -0.4 is 10.2 Å². The highest BCUT2D eigenvalue weighted by atomic mass is 79.9. The van der Waals surface area contributed by atoms with Gasteiger partial charge in [0, 0.05) is 29.0 Å². The second kappa shape index (κ2) is 7.04. The molecule has 0 saturated carbocycles. The molecule has 2 rings (SSSR count). The first kappa shape index (κ1) is 16.0. The predicted octanol–water partition coefficient (Wildman–Crippen LogP) is 4.20. The molecule has 2 aromatic rings. The number of carbonyl (C=O) groups is 1. The molecule has 6 heteroatoms. The number of halogens is 1. The van der Waals surface area contributed by atoms with Gasteiger partial charge in [0.05, 0.1) is 12.2 Å². The average molecular weight is 368 g/mol. The monoisotopic (exact) mass is 367 g/mol. The van der Waals surface area contributed by atoms with Crippen molar-refractivity contribution in [3.05, 3.63) is 39.3 Å². The molecule has 0 bridgehead atoms. The van der Waals surface area contributed by atoms with E-state index < -0.39 is 0 Å². The van der Waals surface area contributed by atoms with Gasteiger partial charge in [-0.25, -0.2) is 4.98 Å². The normalized spacial score (nSPS) is 10.5. The molecule has 0 fully saturated rings. The molecule has 4 nitrogen and oxygen atoms in total. The summed E-state index contributed by atoms with van der Waals surface area (Å²) in [5, 5.41) is 6.10. The maximum absolute atomic E-state index is 11.5. The van der Waals surface area contributed by atoms with Gasteiger partial charge < -0.3 is 5.32 Å². The third-order valence-electron chi connectivity index (χ3n) is 3.12. The Hall–Kier alpha value is -1.40. The number of rotatable bonds is 5. The second-order valence-corrected chi connectivity index (χ2v) is 6.30. The SMILES string of the molecule is CCN(C(C)=O)c1nc(CNc2cccc(C)c2Br)cs1. The topological polar surface area (TPSA) is 45.2 Å². The Kier molecular flexibility index (Phi) is 5.36. The van der Waals surface area contributed by atoms with Crippen LogP contribution in [0.4, 0.5) is 10.8 Å². The highest BCUT2D eigenvalue weighted by Crippen LogP contribution is 2.27. The zero-order chi connectivity index (χ0) is 15.4. The summed E-state index contributed by atoms with van der Waals surface area (Å²) >= 11 is 5.07. The van der Waals surface area contributed by atoms with Crippen molar-refractivity contribution in [3.63, 3.8) is 0 Å². The molecule has 1 N–H and O–H groups in total. The second-order valence-electron chi connectivity index (χ2n) is 4.67. The van der Waals surface area contributed by atoms with Gasteiger partial charge in [0.2, 0.25) is 5.91 Å². The molecular formula is C15H18BrN3OS. The average Bonchev–Trinajstić information content (AvgIpc) is 2.89. The summed E-state index contributed by atoms with van der Waals surface area (Å²) in [6.45, 7) is 6.84. The van der Waals surface area contributed by atoms with Gasteiger partial charge in [-0.1, -0.05) is 12.1 Å². The van der Waals surface area contributed by atoms with E-state index in [0.717, 1.165) is 21.0 Å². The lowest BCUT2D eigenvalue weighted by Crippen LogP contribution is -2.27. The van der Waals surface area contributed by atoms with Gasteiger partial charge in [0.1, 0.15) is 0 Å². The lowest BCUT2D eigenvalue weighted by atomic mass is 10.2. The van der Waals surface area contributed by atoms with E-state index in [2.05, 4.69) is 39.2 Å². The molecule has 1 aromatic heterocycles. The van der Waals surface area contributed by atoms with Crippen molar-refractivity contribution in [1.29, 1.82) is 0 Å². The number of anilines is 2. The van der Waals surface area contributed by atoms with E-state index in [4.69, 9.17) is 0 Å². The van der Waals surface area contributed by atoms with E-state index in [1.807, 2.05) is 24.4 Å². The summed E-state index contributed by atoms with van der Waals surface area (Å²) in [5.74, 6) is 0.0211. The van der Waals surface area contributed by atoms with Crippen LogP contribution in [0.3, 0.4) is 0 Å². The number of carbonyl (C=O) groups excluding carboxylic acids is 1. The number of hydrogen-bond acceptors (Lipinski definition) is 4. The predicted molar refractivity (Wildman–Crippen MR) is 92.0 cm³/mol. The number of benzene rings is 1. The van der Waals surface area contributed by atoms with Crippen molar-refractivity contribution in [1.82, 2.24) is 4.98 Å². The smallest absolute Gasteiger partial charge is 0.225 e. The number of thiazole rings is 1. The Morgan fingerprint density at radius 3 is 2.90 bits per heavy atom. The summed E-state index contributed by atoms with van der Waals surface area (Å²) in [6, 6.07) is 6.10. The van der Waals surface area contributed by atoms with E-state index >= 15 is 0 Å².